The summed E-state index contributed by atoms with van der Waals surface area (Å²) in [6.45, 7) is 0.574. The summed E-state index contributed by atoms with van der Waals surface area (Å²) >= 11 is 0. The number of pyridine rings is 2. The molecule has 0 unspecified atom stereocenters. The number of hydrogen-bond acceptors (Lipinski definition) is 3. The maximum absolute atomic E-state index is 12.6. The third kappa shape index (κ3) is 3.74. The van der Waals surface area contributed by atoms with Gasteiger partial charge in [0.1, 0.15) is 5.82 Å². The molecule has 4 rings (SSSR count). The maximum atomic E-state index is 12.6. The molecule has 5 heteroatoms. The Morgan fingerprint density at radius 1 is 1.04 bits per heavy atom. The number of hydrogen-bond donors (Lipinski definition) is 1. The summed E-state index contributed by atoms with van der Waals surface area (Å²) in [5, 5.41) is 2.99. The van der Waals surface area contributed by atoms with Gasteiger partial charge in [-0.15, -0.1) is 0 Å². The van der Waals surface area contributed by atoms with Gasteiger partial charge in [0.15, 0.2) is 0 Å². The van der Waals surface area contributed by atoms with Gasteiger partial charge in [0.25, 0.3) is 5.91 Å². The normalized spacial score (nSPS) is 10.8. The van der Waals surface area contributed by atoms with Gasteiger partial charge >= 0.3 is 0 Å². The zero-order valence-electron chi connectivity index (χ0n) is 15.7. The lowest BCUT2D eigenvalue weighted by atomic mass is 10.2. The fourth-order valence-corrected chi connectivity index (χ4v) is 3.25. The molecule has 0 aliphatic heterocycles. The van der Waals surface area contributed by atoms with Crippen molar-refractivity contribution in [3.63, 3.8) is 0 Å². The first-order valence-electron chi connectivity index (χ1n) is 9.29. The molecule has 0 saturated heterocycles. The van der Waals surface area contributed by atoms with Crippen molar-refractivity contribution >= 4 is 22.9 Å². The molecule has 0 atom stereocenters. The Labute approximate surface area is 164 Å². The van der Waals surface area contributed by atoms with E-state index in [4.69, 9.17) is 0 Å². The Bertz CT molecular complexity index is 1070. The largest absolute Gasteiger partial charge is 0.352 e. The van der Waals surface area contributed by atoms with Crippen LogP contribution in [0.5, 0.6) is 0 Å². The van der Waals surface area contributed by atoms with Crippen molar-refractivity contribution in [3.8, 4) is 0 Å². The quantitative estimate of drug-likeness (QED) is 0.556. The average molecular weight is 370 g/mol. The molecule has 0 fully saturated rings. The van der Waals surface area contributed by atoms with Gasteiger partial charge in [-0.25, -0.2) is 0 Å². The van der Waals surface area contributed by atoms with Crippen molar-refractivity contribution in [1.29, 1.82) is 0 Å². The first-order valence-corrected chi connectivity index (χ1v) is 9.29. The zero-order chi connectivity index (χ0) is 19.3. The topological polar surface area (TPSA) is 49.6 Å². The van der Waals surface area contributed by atoms with Crippen LogP contribution in [0.4, 0.5) is 11.5 Å². The molecule has 0 aliphatic rings. The maximum Gasteiger partial charge on any atom is 0.252 e. The number of carbonyl (C=O) groups is 1. The summed E-state index contributed by atoms with van der Waals surface area (Å²) in [6, 6.07) is 22.0. The summed E-state index contributed by atoms with van der Waals surface area (Å²) in [4.78, 5) is 18.8. The van der Waals surface area contributed by atoms with Crippen LogP contribution in [0.2, 0.25) is 0 Å². The molecule has 1 N–H and O–H groups in total. The van der Waals surface area contributed by atoms with Crippen molar-refractivity contribution in [2.24, 2.45) is 0 Å². The van der Waals surface area contributed by atoms with E-state index in [0.29, 0.717) is 12.1 Å². The Morgan fingerprint density at radius 2 is 1.86 bits per heavy atom. The molecular formula is C23H22N4O. The third-order valence-corrected chi connectivity index (χ3v) is 4.80. The first-order chi connectivity index (χ1) is 13.7. The molecule has 3 heterocycles. The van der Waals surface area contributed by atoms with Crippen LogP contribution in [0.15, 0.2) is 85.3 Å². The van der Waals surface area contributed by atoms with Crippen molar-refractivity contribution in [2.45, 2.75) is 6.42 Å². The number of rotatable bonds is 6. The second-order valence-corrected chi connectivity index (χ2v) is 6.67. The summed E-state index contributed by atoms with van der Waals surface area (Å²) < 4.78 is 2.04. The molecule has 1 aromatic carbocycles. The SMILES string of the molecule is CN(c1ccccc1)c1ccc2ccc(C(=O)NCCc3cccnc3)cn12. The highest BCUT2D eigenvalue weighted by Gasteiger charge is 2.11. The second kappa shape index (κ2) is 7.96. The Kier molecular flexibility index (Phi) is 5.06. The van der Waals surface area contributed by atoms with E-state index in [9.17, 15) is 4.79 Å². The van der Waals surface area contributed by atoms with Gasteiger partial charge in [0.2, 0.25) is 0 Å². The summed E-state index contributed by atoms with van der Waals surface area (Å²) in [5.74, 6) is 0.930. The van der Waals surface area contributed by atoms with Crippen LogP contribution in [0.1, 0.15) is 15.9 Å². The van der Waals surface area contributed by atoms with E-state index < -0.39 is 0 Å². The molecule has 28 heavy (non-hydrogen) atoms. The minimum atomic E-state index is -0.0761. The van der Waals surface area contributed by atoms with E-state index in [1.807, 2.05) is 66.3 Å². The van der Waals surface area contributed by atoms with E-state index >= 15 is 0 Å². The Morgan fingerprint density at radius 3 is 2.64 bits per heavy atom. The smallest absolute Gasteiger partial charge is 0.252 e. The van der Waals surface area contributed by atoms with Gasteiger partial charge in [-0.05, 0) is 54.4 Å². The number of aromatic nitrogens is 2. The van der Waals surface area contributed by atoms with Gasteiger partial charge < -0.3 is 14.6 Å². The Balaban J connectivity index is 1.51. The minimum absolute atomic E-state index is 0.0761. The molecule has 0 spiro atoms. The monoisotopic (exact) mass is 370 g/mol. The van der Waals surface area contributed by atoms with Crippen molar-refractivity contribution < 1.29 is 4.79 Å². The van der Waals surface area contributed by atoms with E-state index in [-0.39, 0.29) is 5.91 Å². The minimum Gasteiger partial charge on any atom is -0.352 e. The number of benzene rings is 1. The van der Waals surface area contributed by atoms with Crippen LogP contribution in [0.25, 0.3) is 5.52 Å². The molecule has 0 aliphatic carbocycles. The van der Waals surface area contributed by atoms with Crippen LogP contribution in [-0.2, 0) is 6.42 Å². The predicted octanol–water partition coefficient (Wildman–Crippen LogP) is 4.07. The van der Waals surface area contributed by atoms with Crippen LogP contribution in [-0.4, -0.2) is 28.9 Å². The fraction of sp³-hybridized carbons (Fsp3) is 0.130. The highest BCUT2D eigenvalue weighted by Crippen LogP contribution is 2.26. The van der Waals surface area contributed by atoms with Gasteiger partial charge in [-0.3, -0.25) is 9.78 Å². The lowest BCUT2D eigenvalue weighted by Crippen LogP contribution is -2.26. The van der Waals surface area contributed by atoms with Crippen LogP contribution < -0.4 is 10.2 Å². The number of nitrogens with zero attached hydrogens (tertiary/aromatic N) is 3. The predicted molar refractivity (Wildman–Crippen MR) is 112 cm³/mol. The van der Waals surface area contributed by atoms with E-state index in [1.165, 1.54) is 0 Å². The molecule has 0 radical (unpaired) electrons. The number of amides is 1. The number of para-hydroxylation sites is 1. The standard InChI is InChI=1S/C23H22N4O/c1-26(20-7-3-2-4-8-20)22-12-11-21-10-9-19(17-27(21)22)23(28)25-15-13-18-6-5-14-24-16-18/h2-12,14,16-17H,13,15H2,1H3,(H,25,28). The zero-order valence-corrected chi connectivity index (χ0v) is 15.7. The molecule has 0 saturated carbocycles. The summed E-state index contributed by atoms with van der Waals surface area (Å²) in [6.07, 6.45) is 6.22. The van der Waals surface area contributed by atoms with Gasteiger partial charge in [-0.1, -0.05) is 24.3 Å². The molecule has 1 amide bonds. The third-order valence-electron chi connectivity index (χ3n) is 4.80. The number of carbonyl (C=O) groups excluding carboxylic acids is 1. The van der Waals surface area contributed by atoms with Gasteiger partial charge in [0.05, 0.1) is 5.56 Å². The molecule has 0 bridgehead atoms. The molecular weight excluding hydrogens is 348 g/mol. The Hall–Kier alpha value is -3.60. The van der Waals surface area contributed by atoms with E-state index in [2.05, 4.69) is 39.5 Å². The number of fused-ring (bicyclic) bond motifs is 1. The number of nitrogens with one attached hydrogen (secondary N) is 1. The van der Waals surface area contributed by atoms with Gasteiger partial charge in [0, 0.05) is 43.4 Å². The van der Waals surface area contributed by atoms with Crippen LogP contribution >= 0.6 is 0 Å². The van der Waals surface area contributed by atoms with E-state index in [0.717, 1.165) is 29.0 Å². The molecule has 5 nitrogen and oxygen atoms in total. The summed E-state index contributed by atoms with van der Waals surface area (Å²) in [5.41, 5.74) is 3.88. The second-order valence-electron chi connectivity index (χ2n) is 6.67. The fourth-order valence-electron chi connectivity index (χ4n) is 3.25. The summed E-state index contributed by atoms with van der Waals surface area (Å²) in [7, 11) is 2.03. The highest BCUT2D eigenvalue weighted by molar-refractivity contribution is 5.94. The molecule has 3 aromatic heterocycles. The lowest BCUT2D eigenvalue weighted by molar-refractivity contribution is 0.0953. The highest BCUT2D eigenvalue weighted by atomic mass is 16.1. The van der Waals surface area contributed by atoms with Crippen molar-refractivity contribution in [2.75, 3.05) is 18.5 Å². The first kappa shape index (κ1) is 17.8. The molecule has 140 valence electrons. The number of anilines is 2. The van der Waals surface area contributed by atoms with Crippen LogP contribution in [0, 0.1) is 0 Å². The average Bonchev–Trinajstić information content (AvgIpc) is 3.18. The van der Waals surface area contributed by atoms with E-state index in [1.54, 1.807) is 6.20 Å². The van der Waals surface area contributed by atoms with Crippen LogP contribution in [0.3, 0.4) is 0 Å². The lowest BCUT2D eigenvalue weighted by Gasteiger charge is -2.19. The van der Waals surface area contributed by atoms with Gasteiger partial charge in [-0.2, -0.15) is 0 Å². The van der Waals surface area contributed by atoms with Crippen molar-refractivity contribution in [1.82, 2.24) is 14.7 Å². The van der Waals surface area contributed by atoms with Crippen molar-refractivity contribution in [3.05, 3.63) is 96.4 Å². The molecule has 4 aromatic rings.